The molecule has 1 aromatic heterocycles. The normalized spacial score (nSPS) is 21.7. The summed E-state index contributed by atoms with van der Waals surface area (Å²) in [6, 6.07) is 10.6. The lowest BCUT2D eigenvalue weighted by Crippen LogP contribution is -2.04. The van der Waals surface area contributed by atoms with Crippen LogP contribution in [0.5, 0.6) is 0 Å². The molecule has 1 heterocycles. The minimum absolute atomic E-state index is 0.197. The van der Waals surface area contributed by atoms with Gasteiger partial charge >= 0.3 is 0 Å². The molecule has 4 rings (SSSR count). The zero-order valence-electron chi connectivity index (χ0n) is 20.6. The molecule has 2 aromatic carbocycles. The van der Waals surface area contributed by atoms with Crippen LogP contribution in [0, 0.1) is 5.41 Å². The first-order valence-corrected chi connectivity index (χ1v) is 9.77. The number of allylic oxidation sites excluding steroid dienone is 3. The van der Waals surface area contributed by atoms with Gasteiger partial charge in [0.25, 0.3) is 0 Å². The molecule has 0 unspecified atom stereocenters. The lowest BCUT2D eigenvalue weighted by Gasteiger charge is -2.22. The van der Waals surface area contributed by atoms with Crippen molar-refractivity contribution in [3.63, 3.8) is 0 Å². The molecule has 1 saturated carbocycles. The summed E-state index contributed by atoms with van der Waals surface area (Å²) in [5.74, 6) is -0.613. The SMILES string of the molecule is [2H]/C(C(=C)C([2H])([2H])[2H])=C(\[2H])C(=N)c1cccc2c1sc1c(C3([2H])CCCCC3)cccc12. The molecule has 0 aliphatic heterocycles. The van der Waals surface area contributed by atoms with Gasteiger partial charge in [-0.1, -0.05) is 73.9 Å². The molecule has 1 aliphatic rings. The lowest BCUT2D eigenvalue weighted by atomic mass is 9.83. The smallest absolute Gasteiger partial charge is 0.0646 e. The van der Waals surface area contributed by atoms with Crippen molar-refractivity contribution in [3.05, 3.63) is 71.8 Å². The van der Waals surface area contributed by atoms with Gasteiger partial charge in [-0.15, -0.1) is 11.3 Å². The molecule has 2 heteroatoms. The summed E-state index contributed by atoms with van der Waals surface area (Å²) in [7, 11) is 0. The summed E-state index contributed by atoms with van der Waals surface area (Å²) in [4.78, 5) is 0. The third-order valence-corrected chi connectivity index (χ3v) is 6.26. The van der Waals surface area contributed by atoms with Crippen molar-refractivity contribution in [1.29, 1.82) is 5.41 Å². The Morgan fingerprint density at radius 3 is 2.65 bits per heavy atom. The second-order valence-corrected chi connectivity index (χ2v) is 7.75. The molecule has 1 aliphatic carbocycles. The predicted octanol–water partition coefficient (Wildman–Crippen LogP) is 7.60. The average molecular weight is 366 g/mol. The Balaban J connectivity index is 1.88. The Bertz CT molecular complexity index is 1260. The molecule has 0 bridgehead atoms. The fourth-order valence-electron chi connectivity index (χ4n) is 3.75. The quantitative estimate of drug-likeness (QED) is 0.363. The first-order chi connectivity index (χ1) is 15.0. The van der Waals surface area contributed by atoms with E-state index in [4.69, 9.17) is 13.6 Å². The van der Waals surface area contributed by atoms with E-state index in [0.29, 0.717) is 5.56 Å². The van der Waals surface area contributed by atoms with Crippen molar-refractivity contribution < 1.29 is 8.22 Å². The van der Waals surface area contributed by atoms with Crippen LogP contribution in [0.25, 0.3) is 20.2 Å². The monoisotopic (exact) mass is 365 g/mol. The maximum absolute atomic E-state index is 9.12. The van der Waals surface area contributed by atoms with Crippen molar-refractivity contribution in [2.45, 2.75) is 44.8 Å². The maximum Gasteiger partial charge on any atom is 0.0646 e. The molecule has 0 radical (unpaired) electrons. The van der Waals surface area contributed by atoms with Gasteiger partial charge in [0.15, 0.2) is 0 Å². The number of hydrogen-bond donors (Lipinski definition) is 1. The van der Waals surface area contributed by atoms with Crippen LogP contribution in [0.15, 0.2) is 60.7 Å². The number of nitrogens with one attached hydrogen (secondary N) is 1. The van der Waals surface area contributed by atoms with Crippen molar-refractivity contribution in [2.75, 3.05) is 0 Å². The van der Waals surface area contributed by atoms with Crippen LogP contribution < -0.4 is 0 Å². The van der Waals surface area contributed by atoms with Gasteiger partial charge in [-0.05, 0) is 37.2 Å². The summed E-state index contributed by atoms with van der Waals surface area (Å²) in [5.41, 5.74) is 0.876. The van der Waals surface area contributed by atoms with Gasteiger partial charge in [-0.25, -0.2) is 0 Å². The third-order valence-electron chi connectivity index (χ3n) is 4.97. The van der Waals surface area contributed by atoms with Gasteiger partial charge in [-0.2, -0.15) is 0 Å². The van der Waals surface area contributed by atoms with Crippen LogP contribution in [-0.2, 0) is 0 Å². The van der Waals surface area contributed by atoms with E-state index >= 15 is 0 Å². The van der Waals surface area contributed by atoms with Gasteiger partial charge in [0.1, 0.15) is 0 Å². The Kier molecular flexibility index (Phi) is 3.19. The Labute approximate surface area is 168 Å². The molecule has 0 amide bonds. The Morgan fingerprint density at radius 2 is 1.88 bits per heavy atom. The van der Waals surface area contributed by atoms with Gasteiger partial charge in [-0.3, -0.25) is 0 Å². The van der Waals surface area contributed by atoms with E-state index in [0.717, 1.165) is 51.4 Å². The highest BCUT2D eigenvalue weighted by Crippen LogP contribution is 2.43. The van der Waals surface area contributed by atoms with Crippen molar-refractivity contribution in [2.24, 2.45) is 0 Å². The van der Waals surface area contributed by atoms with E-state index in [9.17, 15) is 0 Å². The molecule has 1 fully saturated rings. The fourth-order valence-corrected chi connectivity index (χ4v) is 5.13. The highest BCUT2D eigenvalue weighted by atomic mass is 32.1. The standard InChI is InChI=1S/C24H25NS/c1-16(2)14-15-22(25)21-13-7-12-20-19-11-6-10-18(23(19)26-24(20)21)17-8-4-3-5-9-17/h6-7,10-15,17,25H,1,3-5,8-9H2,2H3/b15-14-,25-22?/i2D3,14D,15D,17D. The number of hydrogen-bond acceptors (Lipinski definition) is 2. The lowest BCUT2D eigenvalue weighted by molar-refractivity contribution is 0.446. The van der Waals surface area contributed by atoms with E-state index < -0.39 is 30.4 Å². The summed E-state index contributed by atoms with van der Waals surface area (Å²) in [6.07, 6.45) is 4.94. The van der Waals surface area contributed by atoms with E-state index in [1.807, 2.05) is 30.3 Å². The largest absolute Gasteiger partial charge is 0.300 e. The molecule has 3 aromatic rings. The summed E-state index contributed by atoms with van der Waals surface area (Å²) < 4.78 is 49.8. The number of benzene rings is 2. The Hall–Kier alpha value is -2.19. The molecule has 26 heavy (non-hydrogen) atoms. The third kappa shape index (κ3) is 3.14. The molecule has 0 spiro atoms. The van der Waals surface area contributed by atoms with Crippen molar-refractivity contribution in [1.82, 2.24) is 0 Å². The van der Waals surface area contributed by atoms with Gasteiger partial charge < -0.3 is 5.41 Å². The summed E-state index contributed by atoms with van der Waals surface area (Å²) in [6.45, 7) is 0.870. The van der Waals surface area contributed by atoms with E-state index in [1.165, 1.54) is 17.8 Å². The minimum atomic E-state index is -2.58. The minimum Gasteiger partial charge on any atom is -0.300 e. The molecule has 132 valence electrons. The van der Waals surface area contributed by atoms with Crippen LogP contribution in [0.3, 0.4) is 0 Å². The fraction of sp³-hybridized carbons (Fsp3) is 0.292. The second kappa shape index (κ2) is 7.20. The molecular weight excluding hydrogens is 334 g/mol. The highest BCUT2D eigenvalue weighted by Gasteiger charge is 2.20. The molecular formula is C24H25NS. The Morgan fingerprint density at radius 1 is 1.15 bits per heavy atom. The van der Waals surface area contributed by atoms with E-state index in [1.54, 1.807) is 6.07 Å². The zero-order valence-corrected chi connectivity index (χ0v) is 15.4. The van der Waals surface area contributed by atoms with Crippen LogP contribution >= 0.6 is 11.3 Å². The summed E-state index contributed by atoms with van der Waals surface area (Å²) in [5, 5.41) is 10.6. The van der Waals surface area contributed by atoms with Crippen molar-refractivity contribution in [3.8, 4) is 0 Å². The maximum atomic E-state index is 9.12. The highest BCUT2D eigenvalue weighted by molar-refractivity contribution is 7.26. The number of rotatable bonds is 4. The summed E-state index contributed by atoms with van der Waals surface area (Å²) >= 11 is 1.52. The molecule has 1 nitrogen and oxygen atoms in total. The zero-order chi connectivity index (χ0) is 23.3. The molecule has 0 atom stereocenters. The first-order valence-electron chi connectivity index (χ1n) is 12.0. The predicted molar refractivity (Wildman–Crippen MR) is 116 cm³/mol. The topological polar surface area (TPSA) is 23.9 Å². The first kappa shape index (κ1) is 11.5. The van der Waals surface area contributed by atoms with E-state index in [-0.39, 0.29) is 5.71 Å². The van der Waals surface area contributed by atoms with Gasteiger partial charge in [0.05, 0.1) is 8.45 Å². The van der Waals surface area contributed by atoms with Gasteiger partial charge in [0, 0.05) is 31.2 Å². The van der Waals surface area contributed by atoms with Gasteiger partial charge in [0.2, 0.25) is 0 Å². The second-order valence-electron chi connectivity index (χ2n) is 6.73. The van der Waals surface area contributed by atoms with E-state index in [2.05, 4.69) is 6.58 Å². The van der Waals surface area contributed by atoms with Crippen LogP contribution in [0.2, 0.25) is 0 Å². The number of fused-ring (bicyclic) bond motifs is 3. The molecule has 0 saturated heterocycles. The molecule has 1 N–H and O–H groups in total. The van der Waals surface area contributed by atoms with Crippen LogP contribution in [0.1, 0.15) is 64.2 Å². The number of thiophene rings is 1. The van der Waals surface area contributed by atoms with Crippen molar-refractivity contribution >= 4 is 37.2 Å². The van der Waals surface area contributed by atoms with Crippen LogP contribution in [-0.4, -0.2) is 5.71 Å². The average Bonchev–Trinajstić information content (AvgIpc) is 3.15. The van der Waals surface area contributed by atoms with Crippen LogP contribution in [0.4, 0.5) is 0 Å².